The summed E-state index contributed by atoms with van der Waals surface area (Å²) in [5.74, 6) is 0.0764. The Labute approximate surface area is 145 Å². The molecule has 0 fully saturated rings. The van der Waals surface area contributed by atoms with Crippen LogP contribution < -0.4 is 0 Å². The summed E-state index contributed by atoms with van der Waals surface area (Å²) < 4.78 is 0.791. The molecule has 1 spiro atoms. The van der Waals surface area contributed by atoms with Crippen molar-refractivity contribution in [3.05, 3.63) is 74.9 Å². The van der Waals surface area contributed by atoms with Crippen molar-refractivity contribution < 1.29 is 4.79 Å². The summed E-state index contributed by atoms with van der Waals surface area (Å²) in [4.78, 5) is 14.6. The van der Waals surface area contributed by atoms with E-state index < -0.39 is 5.54 Å². The number of hydrogen-bond acceptors (Lipinski definition) is 1. The molecule has 112 valence electrons. The molecule has 0 atom stereocenters. The standard InChI is InChI=1S/C19H18INO/c1-12-10-13(2)19(14(3)11-12)16(15-8-6-5-7-9-15)17(20)18(22)21(19)4/h5-11H,1H2,2-4H3. The minimum atomic E-state index is -0.490. The first-order valence-corrected chi connectivity index (χ1v) is 8.29. The number of benzene rings is 1. The Hall–Kier alpha value is -1.62. The number of allylic oxidation sites excluding steroid dienone is 3. The molecule has 1 aromatic rings. The van der Waals surface area contributed by atoms with E-state index in [1.54, 1.807) is 0 Å². The van der Waals surface area contributed by atoms with Crippen molar-refractivity contribution in [3.8, 4) is 0 Å². The molecular weight excluding hydrogens is 385 g/mol. The number of rotatable bonds is 1. The third-order valence-electron chi connectivity index (χ3n) is 4.58. The summed E-state index contributed by atoms with van der Waals surface area (Å²) in [5, 5.41) is 0. The summed E-state index contributed by atoms with van der Waals surface area (Å²) in [6, 6.07) is 10.2. The fraction of sp³-hybridized carbons (Fsp3) is 0.211. The van der Waals surface area contributed by atoms with Crippen LogP contribution in [0.1, 0.15) is 19.4 Å². The highest BCUT2D eigenvalue weighted by Crippen LogP contribution is 2.53. The normalized spacial score (nSPS) is 20.6. The second kappa shape index (κ2) is 5.23. The van der Waals surface area contributed by atoms with Gasteiger partial charge in [0.25, 0.3) is 5.91 Å². The monoisotopic (exact) mass is 403 g/mol. The summed E-state index contributed by atoms with van der Waals surface area (Å²) in [6.45, 7) is 8.23. The molecule has 2 aliphatic rings. The molecule has 1 heterocycles. The molecule has 1 aromatic carbocycles. The average molecular weight is 403 g/mol. The van der Waals surface area contributed by atoms with E-state index in [0.29, 0.717) is 0 Å². The number of amides is 1. The van der Waals surface area contributed by atoms with Crippen molar-refractivity contribution >= 4 is 34.1 Å². The summed E-state index contributed by atoms with van der Waals surface area (Å²) in [7, 11) is 1.89. The fourth-order valence-electron chi connectivity index (χ4n) is 3.71. The minimum absolute atomic E-state index is 0.0764. The first kappa shape index (κ1) is 15.3. The largest absolute Gasteiger partial charge is 0.324 e. The van der Waals surface area contributed by atoms with Gasteiger partial charge in [-0.05, 0) is 58.7 Å². The van der Waals surface area contributed by atoms with Gasteiger partial charge in [0.05, 0.1) is 3.58 Å². The van der Waals surface area contributed by atoms with Crippen molar-refractivity contribution in [2.24, 2.45) is 0 Å². The van der Waals surface area contributed by atoms with Crippen LogP contribution in [0.5, 0.6) is 0 Å². The zero-order valence-electron chi connectivity index (χ0n) is 13.0. The third kappa shape index (κ3) is 1.88. The van der Waals surface area contributed by atoms with Crippen molar-refractivity contribution in [2.75, 3.05) is 7.05 Å². The lowest BCUT2D eigenvalue weighted by molar-refractivity contribution is -0.125. The van der Waals surface area contributed by atoms with Gasteiger partial charge in [-0.3, -0.25) is 4.79 Å². The molecule has 0 N–H and O–H groups in total. The Kier molecular flexibility index (Phi) is 3.63. The van der Waals surface area contributed by atoms with E-state index in [0.717, 1.165) is 31.4 Å². The third-order valence-corrected chi connectivity index (χ3v) is 5.59. The molecule has 0 aromatic heterocycles. The van der Waals surface area contributed by atoms with Crippen molar-refractivity contribution in [1.82, 2.24) is 4.90 Å². The predicted octanol–water partition coefficient (Wildman–Crippen LogP) is 4.51. The molecule has 0 bridgehead atoms. The van der Waals surface area contributed by atoms with Crippen LogP contribution in [0.2, 0.25) is 0 Å². The van der Waals surface area contributed by atoms with Gasteiger partial charge in [-0.2, -0.15) is 0 Å². The van der Waals surface area contributed by atoms with Crippen LogP contribution in [0.25, 0.3) is 5.57 Å². The van der Waals surface area contributed by atoms with Crippen LogP contribution >= 0.6 is 22.6 Å². The minimum Gasteiger partial charge on any atom is -0.324 e. The molecule has 0 unspecified atom stereocenters. The summed E-state index contributed by atoms with van der Waals surface area (Å²) in [6.07, 6.45) is 4.16. The topological polar surface area (TPSA) is 20.3 Å². The highest BCUT2D eigenvalue weighted by Gasteiger charge is 2.52. The Morgan fingerprint density at radius 1 is 1.09 bits per heavy atom. The lowest BCUT2D eigenvalue weighted by atomic mass is 9.72. The van der Waals surface area contributed by atoms with Gasteiger partial charge in [-0.15, -0.1) is 0 Å². The highest BCUT2D eigenvalue weighted by molar-refractivity contribution is 14.1. The Balaban J connectivity index is 2.35. The van der Waals surface area contributed by atoms with Gasteiger partial charge in [-0.25, -0.2) is 0 Å². The van der Waals surface area contributed by atoms with Gasteiger partial charge in [0, 0.05) is 12.6 Å². The van der Waals surface area contributed by atoms with Crippen molar-refractivity contribution in [3.63, 3.8) is 0 Å². The molecular formula is C19H18INO. The molecule has 22 heavy (non-hydrogen) atoms. The fourth-order valence-corrected chi connectivity index (χ4v) is 4.78. The van der Waals surface area contributed by atoms with Gasteiger partial charge in [0.1, 0.15) is 5.54 Å². The molecule has 0 saturated heterocycles. The number of likely N-dealkylation sites (N-methyl/N-ethyl adjacent to an activating group) is 1. The van der Waals surface area contributed by atoms with Crippen LogP contribution in [0.15, 0.2) is 69.4 Å². The summed E-state index contributed by atoms with van der Waals surface area (Å²) >= 11 is 2.19. The molecule has 3 heteroatoms. The Morgan fingerprint density at radius 2 is 1.64 bits per heavy atom. The maximum Gasteiger partial charge on any atom is 0.261 e. The second-order valence-corrected chi connectivity index (χ2v) is 6.94. The SMILES string of the molecule is C=C1C=C(C)C2(C(C)=C1)C(c1ccccc1)=C(I)C(=O)N2C. The van der Waals surface area contributed by atoms with E-state index in [4.69, 9.17) is 0 Å². The van der Waals surface area contributed by atoms with E-state index >= 15 is 0 Å². The van der Waals surface area contributed by atoms with E-state index in [9.17, 15) is 4.79 Å². The van der Waals surface area contributed by atoms with Gasteiger partial charge in [0.15, 0.2) is 0 Å². The molecule has 3 rings (SSSR count). The number of carbonyl (C=O) groups excluding carboxylic acids is 1. The van der Waals surface area contributed by atoms with E-state index in [1.165, 1.54) is 0 Å². The van der Waals surface area contributed by atoms with Crippen molar-refractivity contribution in [2.45, 2.75) is 19.4 Å². The van der Waals surface area contributed by atoms with E-state index in [-0.39, 0.29) is 5.91 Å². The lowest BCUT2D eigenvalue weighted by Crippen LogP contribution is -2.48. The highest BCUT2D eigenvalue weighted by atomic mass is 127. The van der Waals surface area contributed by atoms with Crippen molar-refractivity contribution in [1.29, 1.82) is 0 Å². The molecule has 2 nitrogen and oxygen atoms in total. The zero-order chi connectivity index (χ0) is 16.1. The van der Waals surface area contributed by atoms with Crippen LogP contribution in [0.3, 0.4) is 0 Å². The summed E-state index contributed by atoms with van der Waals surface area (Å²) in [5.41, 5.74) is 4.94. The van der Waals surface area contributed by atoms with E-state index in [2.05, 4.69) is 67.3 Å². The number of hydrogen-bond donors (Lipinski definition) is 0. The second-order valence-electron chi connectivity index (χ2n) is 5.86. The number of nitrogens with zero attached hydrogens (tertiary/aromatic N) is 1. The lowest BCUT2D eigenvalue weighted by Gasteiger charge is -2.43. The van der Waals surface area contributed by atoms with Crippen LogP contribution in [-0.2, 0) is 4.79 Å². The number of carbonyl (C=O) groups is 1. The average Bonchev–Trinajstić information content (AvgIpc) is 2.68. The molecule has 0 saturated carbocycles. The zero-order valence-corrected chi connectivity index (χ0v) is 15.1. The van der Waals surface area contributed by atoms with Gasteiger partial charge in [0.2, 0.25) is 0 Å². The Morgan fingerprint density at radius 3 is 2.18 bits per heavy atom. The molecule has 0 radical (unpaired) electrons. The van der Waals surface area contributed by atoms with Crippen LogP contribution in [-0.4, -0.2) is 23.4 Å². The van der Waals surface area contributed by atoms with Gasteiger partial charge >= 0.3 is 0 Å². The number of halogens is 1. The molecule has 1 aliphatic heterocycles. The maximum atomic E-state index is 12.7. The molecule has 1 aliphatic carbocycles. The van der Waals surface area contributed by atoms with Gasteiger partial charge < -0.3 is 4.90 Å². The maximum absolute atomic E-state index is 12.7. The predicted molar refractivity (Wildman–Crippen MR) is 99.5 cm³/mol. The quantitative estimate of drug-likeness (QED) is 0.633. The smallest absolute Gasteiger partial charge is 0.261 e. The molecule has 1 amide bonds. The Bertz CT molecular complexity index is 746. The first-order chi connectivity index (χ1) is 10.4. The van der Waals surface area contributed by atoms with Gasteiger partial charge in [-0.1, -0.05) is 49.1 Å². The van der Waals surface area contributed by atoms with Crippen LogP contribution in [0, 0.1) is 0 Å². The van der Waals surface area contributed by atoms with Crippen LogP contribution in [0.4, 0.5) is 0 Å². The van der Waals surface area contributed by atoms with E-state index in [1.807, 2.05) is 30.1 Å². The first-order valence-electron chi connectivity index (χ1n) is 7.21.